The molecule has 0 radical (unpaired) electrons. The number of carbonyl (C=O) groups is 2. The Hall–Kier alpha value is -0.940. The Kier molecular flexibility index (Phi) is 3.25. The van der Waals surface area contributed by atoms with Crippen LogP contribution < -0.4 is 5.32 Å². The number of hydrogen-bond donors (Lipinski definition) is 2. The summed E-state index contributed by atoms with van der Waals surface area (Å²) in [6.45, 7) is 0. The normalized spacial score (nSPS) is 35.9. The third-order valence-electron chi connectivity index (χ3n) is 3.52. The number of aliphatic hydroxyl groups excluding tert-OH is 1. The molecular formula is C11H18N2O3. The van der Waals surface area contributed by atoms with Crippen LogP contribution in [0.4, 0.5) is 0 Å². The van der Waals surface area contributed by atoms with Crippen molar-refractivity contribution in [2.45, 2.75) is 50.3 Å². The molecule has 2 N–H and O–H groups in total. The Balaban J connectivity index is 1.86. The zero-order chi connectivity index (χ0) is 11.7. The van der Waals surface area contributed by atoms with E-state index in [1.807, 2.05) is 0 Å². The van der Waals surface area contributed by atoms with E-state index in [0.717, 1.165) is 25.7 Å². The van der Waals surface area contributed by atoms with Gasteiger partial charge in [0.05, 0.1) is 18.6 Å². The second-order valence-electron chi connectivity index (χ2n) is 4.72. The number of aliphatic hydroxyl groups is 1. The molecule has 5 heteroatoms. The van der Waals surface area contributed by atoms with Gasteiger partial charge in [-0.2, -0.15) is 0 Å². The molecule has 0 bridgehead atoms. The quantitative estimate of drug-likeness (QED) is 0.631. The molecule has 1 atom stereocenters. The number of nitrogens with one attached hydrogen (secondary N) is 1. The summed E-state index contributed by atoms with van der Waals surface area (Å²) < 4.78 is 0. The first-order chi connectivity index (χ1) is 7.58. The van der Waals surface area contributed by atoms with E-state index >= 15 is 0 Å². The summed E-state index contributed by atoms with van der Waals surface area (Å²) in [4.78, 5) is 24.2. The molecule has 0 aromatic rings. The van der Waals surface area contributed by atoms with Crippen LogP contribution in [0.2, 0.25) is 0 Å². The van der Waals surface area contributed by atoms with Gasteiger partial charge in [-0.15, -0.1) is 0 Å². The van der Waals surface area contributed by atoms with Crippen molar-refractivity contribution in [3.05, 3.63) is 0 Å². The number of likely N-dealkylation sites (N-methyl/N-ethyl adjacent to an activating group) is 1. The lowest BCUT2D eigenvalue weighted by Crippen LogP contribution is -2.45. The highest BCUT2D eigenvalue weighted by atomic mass is 16.3. The molecule has 0 aromatic carbocycles. The van der Waals surface area contributed by atoms with Crippen molar-refractivity contribution in [2.24, 2.45) is 0 Å². The summed E-state index contributed by atoms with van der Waals surface area (Å²) in [6, 6.07) is -0.0885. The molecule has 1 saturated carbocycles. The summed E-state index contributed by atoms with van der Waals surface area (Å²) in [5.74, 6) is -0.241. The van der Waals surface area contributed by atoms with Gasteiger partial charge >= 0.3 is 0 Å². The second kappa shape index (κ2) is 4.51. The van der Waals surface area contributed by atoms with Gasteiger partial charge in [0, 0.05) is 13.1 Å². The number of likely N-dealkylation sites (tertiary alicyclic amines) is 1. The largest absolute Gasteiger partial charge is 0.393 e. The Labute approximate surface area is 94.8 Å². The molecule has 2 aliphatic rings. The molecule has 16 heavy (non-hydrogen) atoms. The predicted octanol–water partition coefficient (Wildman–Crippen LogP) is -0.363. The van der Waals surface area contributed by atoms with Crippen molar-refractivity contribution >= 4 is 11.8 Å². The maximum atomic E-state index is 11.6. The van der Waals surface area contributed by atoms with Crippen molar-refractivity contribution in [1.82, 2.24) is 10.2 Å². The number of hydrogen-bond acceptors (Lipinski definition) is 4. The Morgan fingerprint density at radius 2 is 1.88 bits per heavy atom. The summed E-state index contributed by atoms with van der Waals surface area (Å²) in [5, 5.41) is 12.6. The fraction of sp³-hybridized carbons (Fsp3) is 0.818. The van der Waals surface area contributed by atoms with Crippen LogP contribution >= 0.6 is 0 Å². The molecule has 2 rings (SSSR count). The van der Waals surface area contributed by atoms with E-state index in [9.17, 15) is 14.7 Å². The molecular weight excluding hydrogens is 208 g/mol. The van der Waals surface area contributed by atoms with Gasteiger partial charge in [0.25, 0.3) is 0 Å². The van der Waals surface area contributed by atoms with Crippen molar-refractivity contribution in [2.75, 3.05) is 7.05 Å². The first kappa shape index (κ1) is 11.5. The molecule has 0 spiro atoms. The highest BCUT2D eigenvalue weighted by Gasteiger charge is 2.37. The third kappa shape index (κ3) is 2.25. The monoisotopic (exact) mass is 226 g/mol. The standard InChI is InChI=1S/C11H18N2O3/c1-13-10(15)6-9(11(13)16)12-7-2-4-8(14)5-3-7/h7-9,12,14H,2-6H2,1H3. The van der Waals surface area contributed by atoms with E-state index in [1.165, 1.54) is 11.9 Å². The van der Waals surface area contributed by atoms with E-state index in [4.69, 9.17) is 0 Å². The fourth-order valence-electron chi connectivity index (χ4n) is 2.41. The van der Waals surface area contributed by atoms with Crippen LogP contribution in [-0.4, -0.2) is 47.1 Å². The van der Waals surface area contributed by atoms with E-state index in [2.05, 4.69) is 5.32 Å². The predicted molar refractivity (Wildman–Crippen MR) is 57.6 cm³/mol. The van der Waals surface area contributed by atoms with E-state index < -0.39 is 0 Å². The van der Waals surface area contributed by atoms with Gasteiger partial charge in [-0.05, 0) is 25.7 Å². The van der Waals surface area contributed by atoms with Crippen LogP contribution in [0.15, 0.2) is 0 Å². The number of rotatable bonds is 2. The Morgan fingerprint density at radius 1 is 1.25 bits per heavy atom. The highest BCUT2D eigenvalue weighted by molar-refractivity contribution is 6.05. The fourth-order valence-corrected chi connectivity index (χ4v) is 2.41. The van der Waals surface area contributed by atoms with Crippen LogP contribution in [0.5, 0.6) is 0 Å². The molecule has 1 aliphatic heterocycles. The molecule has 5 nitrogen and oxygen atoms in total. The van der Waals surface area contributed by atoms with E-state index in [-0.39, 0.29) is 36.4 Å². The van der Waals surface area contributed by atoms with Crippen LogP contribution in [0.25, 0.3) is 0 Å². The van der Waals surface area contributed by atoms with Gasteiger partial charge in [-0.3, -0.25) is 14.5 Å². The molecule has 1 heterocycles. The first-order valence-electron chi connectivity index (χ1n) is 5.82. The topological polar surface area (TPSA) is 69.6 Å². The van der Waals surface area contributed by atoms with Crippen molar-refractivity contribution in [1.29, 1.82) is 0 Å². The lowest BCUT2D eigenvalue weighted by atomic mass is 9.92. The van der Waals surface area contributed by atoms with Crippen molar-refractivity contribution in [3.8, 4) is 0 Å². The van der Waals surface area contributed by atoms with Gasteiger partial charge in [-0.1, -0.05) is 0 Å². The van der Waals surface area contributed by atoms with Crippen LogP contribution in [-0.2, 0) is 9.59 Å². The van der Waals surface area contributed by atoms with Gasteiger partial charge in [0.15, 0.2) is 0 Å². The molecule has 1 unspecified atom stereocenters. The minimum absolute atomic E-state index is 0.113. The van der Waals surface area contributed by atoms with Crippen molar-refractivity contribution < 1.29 is 14.7 Å². The Bertz CT molecular complexity index is 298. The number of amides is 2. The average Bonchev–Trinajstić information content (AvgIpc) is 2.50. The van der Waals surface area contributed by atoms with Gasteiger partial charge < -0.3 is 10.4 Å². The molecule has 1 aliphatic carbocycles. The molecule has 2 amide bonds. The maximum absolute atomic E-state index is 11.6. The third-order valence-corrected chi connectivity index (χ3v) is 3.52. The maximum Gasteiger partial charge on any atom is 0.246 e. The van der Waals surface area contributed by atoms with Crippen LogP contribution in [0.1, 0.15) is 32.1 Å². The molecule has 90 valence electrons. The SMILES string of the molecule is CN1C(=O)CC(NC2CCC(O)CC2)C1=O. The molecule has 1 saturated heterocycles. The molecule has 0 aromatic heterocycles. The van der Waals surface area contributed by atoms with E-state index in [1.54, 1.807) is 0 Å². The second-order valence-corrected chi connectivity index (χ2v) is 4.72. The summed E-state index contributed by atoms with van der Waals surface area (Å²) in [7, 11) is 1.52. The van der Waals surface area contributed by atoms with Gasteiger partial charge in [-0.25, -0.2) is 0 Å². The van der Waals surface area contributed by atoms with Crippen LogP contribution in [0, 0.1) is 0 Å². The zero-order valence-corrected chi connectivity index (χ0v) is 9.48. The smallest absolute Gasteiger partial charge is 0.246 e. The number of nitrogens with zero attached hydrogens (tertiary/aromatic N) is 1. The minimum Gasteiger partial charge on any atom is -0.393 e. The minimum atomic E-state index is -0.349. The highest BCUT2D eigenvalue weighted by Crippen LogP contribution is 2.20. The molecule has 2 fully saturated rings. The summed E-state index contributed by atoms with van der Waals surface area (Å²) >= 11 is 0. The summed E-state index contributed by atoms with van der Waals surface area (Å²) in [6.07, 6.45) is 3.40. The summed E-state index contributed by atoms with van der Waals surface area (Å²) in [5.41, 5.74) is 0. The Morgan fingerprint density at radius 3 is 2.38 bits per heavy atom. The average molecular weight is 226 g/mol. The van der Waals surface area contributed by atoms with Gasteiger partial charge in [0.1, 0.15) is 0 Å². The van der Waals surface area contributed by atoms with Gasteiger partial charge in [0.2, 0.25) is 11.8 Å². The first-order valence-corrected chi connectivity index (χ1v) is 5.82. The van der Waals surface area contributed by atoms with Crippen molar-refractivity contribution in [3.63, 3.8) is 0 Å². The zero-order valence-electron chi connectivity index (χ0n) is 9.48. The van der Waals surface area contributed by atoms with E-state index in [0.29, 0.717) is 0 Å². The number of imide groups is 1. The lowest BCUT2D eigenvalue weighted by molar-refractivity contribution is -0.137. The number of carbonyl (C=O) groups excluding carboxylic acids is 2. The lowest BCUT2D eigenvalue weighted by Gasteiger charge is -2.28. The van der Waals surface area contributed by atoms with Crippen LogP contribution in [0.3, 0.4) is 0 Å².